The Morgan fingerprint density at radius 3 is 2.33 bits per heavy atom. The summed E-state index contributed by atoms with van der Waals surface area (Å²) in [6, 6.07) is 6.96. The molecule has 2 atom stereocenters. The van der Waals surface area contributed by atoms with Crippen LogP contribution in [0.25, 0.3) is 0 Å². The molecule has 0 fully saturated rings. The van der Waals surface area contributed by atoms with E-state index in [0.29, 0.717) is 34.2 Å². The maximum atomic E-state index is 14.0. The summed E-state index contributed by atoms with van der Waals surface area (Å²) in [6.45, 7) is 0. The SMILES string of the molecule is COc1ccc(OC)c(NC(=O)c2cnn3c2NC(c2ccc(OC)c(OC)c2)CC3C(F)(F)F)c1. The first kappa shape index (κ1) is 25.0. The van der Waals surface area contributed by atoms with Crippen molar-refractivity contribution in [1.29, 1.82) is 0 Å². The normalized spacial score (nSPS) is 17.0. The number of ether oxygens (including phenoxy) is 4. The van der Waals surface area contributed by atoms with Gasteiger partial charge in [0.1, 0.15) is 22.9 Å². The highest BCUT2D eigenvalue weighted by Crippen LogP contribution is 2.45. The zero-order chi connectivity index (χ0) is 26.0. The van der Waals surface area contributed by atoms with Crippen molar-refractivity contribution in [2.24, 2.45) is 0 Å². The molecule has 0 saturated heterocycles. The fourth-order valence-corrected chi connectivity index (χ4v) is 4.12. The van der Waals surface area contributed by atoms with Crippen LogP contribution in [0.15, 0.2) is 42.6 Å². The van der Waals surface area contributed by atoms with Gasteiger partial charge in [-0.1, -0.05) is 6.07 Å². The smallest absolute Gasteiger partial charge is 0.410 e. The predicted molar refractivity (Wildman–Crippen MR) is 125 cm³/mol. The number of alkyl halides is 3. The number of hydrogen-bond donors (Lipinski definition) is 2. The second-order valence-corrected chi connectivity index (χ2v) is 7.98. The van der Waals surface area contributed by atoms with Crippen LogP contribution in [0.4, 0.5) is 24.7 Å². The Labute approximate surface area is 205 Å². The van der Waals surface area contributed by atoms with Gasteiger partial charge < -0.3 is 29.6 Å². The van der Waals surface area contributed by atoms with Crippen molar-refractivity contribution in [2.75, 3.05) is 39.1 Å². The largest absolute Gasteiger partial charge is 0.497 e. The van der Waals surface area contributed by atoms with Gasteiger partial charge in [0, 0.05) is 12.5 Å². The first-order chi connectivity index (χ1) is 17.2. The standard InChI is InChI=1S/C24H25F3N4O5/c1-33-14-6-8-18(34-2)17(10-14)30-23(32)15-12-28-31-21(24(25,26)27)11-16(29-22(15)31)13-5-7-19(35-3)20(9-13)36-4/h5-10,12,16,21,29H,11H2,1-4H3,(H,30,32). The van der Waals surface area contributed by atoms with Gasteiger partial charge in [0.2, 0.25) is 0 Å². The number of aromatic nitrogens is 2. The number of nitrogens with one attached hydrogen (secondary N) is 2. The van der Waals surface area contributed by atoms with Gasteiger partial charge in [-0.2, -0.15) is 18.3 Å². The summed E-state index contributed by atoms with van der Waals surface area (Å²) in [6.07, 6.45) is -3.82. The topological polar surface area (TPSA) is 95.9 Å². The maximum Gasteiger partial charge on any atom is 0.410 e. The van der Waals surface area contributed by atoms with Crippen LogP contribution in [0.5, 0.6) is 23.0 Å². The lowest BCUT2D eigenvalue weighted by atomic mass is 9.96. The number of amides is 1. The second-order valence-electron chi connectivity index (χ2n) is 7.98. The zero-order valence-electron chi connectivity index (χ0n) is 20.0. The van der Waals surface area contributed by atoms with Crippen LogP contribution in [0, 0.1) is 0 Å². The molecule has 1 aliphatic heterocycles. The molecule has 4 rings (SSSR count). The average Bonchev–Trinajstić information content (AvgIpc) is 3.31. The highest BCUT2D eigenvalue weighted by Gasteiger charge is 2.47. The highest BCUT2D eigenvalue weighted by atomic mass is 19.4. The van der Waals surface area contributed by atoms with Crippen molar-refractivity contribution in [2.45, 2.75) is 24.7 Å². The van der Waals surface area contributed by atoms with E-state index in [1.165, 1.54) is 28.4 Å². The molecule has 9 nitrogen and oxygen atoms in total. The molecule has 192 valence electrons. The number of fused-ring (bicyclic) bond motifs is 1. The van der Waals surface area contributed by atoms with Crippen molar-refractivity contribution in [3.63, 3.8) is 0 Å². The number of halogens is 3. The molecule has 2 aromatic carbocycles. The van der Waals surface area contributed by atoms with Crippen LogP contribution < -0.4 is 29.6 Å². The Kier molecular flexibility index (Phi) is 6.86. The quantitative estimate of drug-likeness (QED) is 0.474. The lowest BCUT2D eigenvalue weighted by Gasteiger charge is -2.34. The van der Waals surface area contributed by atoms with Crippen LogP contribution in [0.3, 0.4) is 0 Å². The molecular weight excluding hydrogens is 481 g/mol. The van der Waals surface area contributed by atoms with Gasteiger partial charge in [0.15, 0.2) is 17.5 Å². The summed E-state index contributed by atoms with van der Waals surface area (Å²) in [5, 5.41) is 9.64. The number of hydrogen-bond acceptors (Lipinski definition) is 7. The van der Waals surface area contributed by atoms with Crippen LogP contribution in [-0.4, -0.2) is 50.3 Å². The number of benzene rings is 2. The number of anilines is 2. The highest BCUT2D eigenvalue weighted by molar-refractivity contribution is 6.08. The Hall–Kier alpha value is -4.09. The molecular formula is C24H25F3N4O5. The van der Waals surface area contributed by atoms with E-state index in [1.807, 2.05) is 0 Å². The average molecular weight is 506 g/mol. The van der Waals surface area contributed by atoms with E-state index in [4.69, 9.17) is 18.9 Å². The lowest BCUT2D eigenvalue weighted by Crippen LogP contribution is -2.36. The van der Waals surface area contributed by atoms with Crippen molar-refractivity contribution in [3.8, 4) is 23.0 Å². The Bertz CT molecular complexity index is 1260. The molecule has 2 unspecified atom stereocenters. The molecule has 0 aliphatic carbocycles. The maximum absolute atomic E-state index is 14.0. The molecule has 3 aromatic rings. The molecule has 1 aliphatic rings. The van der Waals surface area contributed by atoms with Crippen molar-refractivity contribution in [3.05, 3.63) is 53.7 Å². The molecule has 1 amide bonds. The number of rotatable bonds is 7. The molecule has 2 heterocycles. The van der Waals surface area contributed by atoms with Crippen LogP contribution in [0.2, 0.25) is 0 Å². The van der Waals surface area contributed by atoms with Gasteiger partial charge in [-0.05, 0) is 29.8 Å². The van der Waals surface area contributed by atoms with Crippen molar-refractivity contribution < 1.29 is 36.9 Å². The summed E-state index contributed by atoms with van der Waals surface area (Å²) < 4.78 is 63.9. The third-order valence-corrected chi connectivity index (χ3v) is 5.95. The van der Waals surface area contributed by atoms with E-state index in [-0.39, 0.29) is 17.8 Å². The first-order valence-corrected chi connectivity index (χ1v) is 10.9. The second kappa shape index (κ2) is 9.88. The van der Waals surface area contributed by atoms with Gasteiger partial charge in [-0.3, -0.25) is 4.79 Å². The first-order valence-electron chi connectivity index (χ1n) is 10.9. The minimum Gasteiger partial charge on any atom is -0.497 e. The summed E-state index contributed by atoms with van der Waals surface area (Å²) in [5.74, 6) is 0.928. The van der Waals surface area contributed by atoms with Crippen LogP contribution >= 0.6 is 0 Å². The van der Waals surface area contributed by atoms with Crippen molar-refractivity contribution >= 4 is 17.4 Å². The van der Waals surface area contributed by atoms with E-state index in [1.54, 1.807) is 36.4 Å². The lowest BCUT2D eigenvalue weighted by molar-refractivity contribution is -0.173. The molecule has 0 radical (unpaired) electrons. The van der Waals surface area contributed by atoms with Gasteiger partial charge in [0.05, 0.1) is 46.4 Å². The predicted octanol–water partition coefficient (Wildman–Crippen LogP) is 4.83. The summed E-state index contributed by atoms with van der Waals surface area (Å²) in [5.41, 5.74) is 0.774. The number of carbonyl (C=O) groups is 1. The molecule has 36 heavy (non-hydrogen) atoms. The van der Waals surface area contributed by atoms with Gasteiger partial charge in [0.25, 0.3) is 5.91 Å². The zero-order valence-corrected chi connectivity index (χ0v) is 20.0. The molecule has 0 spiro atoms. The molecule has 12 heteroatoms. The number of carbonyl (C=O) groups excluding carboxylic acids is 1. The number of methoxy groups -OCH3 is 4. The van der Waals surface area contributed by atoms with Crippen LogP contribution in [0.1, 0.15) is 34.4 Å². The fourth-order valence-electron chi connectivity index (χ4n) is 4.12. The third kappa shape index (κ3) is 4.70. The molecule has 0 saturated carbocycles. The number of nitrogens with zero attached hydrogens (tertiary/aromatic N) is 2. The van der Waals surface area contributed by atoms with Crippen molar-refractivity contribution in [1.82, 2.24) is 9.78 Å². The Morgan fingerprint density at radius 1 is 1.00 bits per heavy atom. The fraction of sp³-hybridized carbons (Fsp3) is 0.333. The Morgan fingerprint density at radius 2 is 1.69 bits per heavy atom. The third-order valence-electron chi connectivity index (χ3n) is 5.95. The van der Waals surface area contributed by atoms with E-state index in [2.05, 4.69) is 15.7 Å². The van der Waals surface area contributed by atoms with E-state index < -0.39 is 24.2 Å². The summed E-state index contributed by atoms with van der Waals surface area (Å²) >= 11 is 0. The monoisotopic (exact) mass is 506 g/mol. The molecule has 1 aromatic heterocycles. The van der Waals surface area contributed by atoms with Gasteiger partial charge in [-0.15, -0.1) is 0 Å². The molecule has 2 N–H and O–H groups in total. The summed E-state index contributed by atoms with van der Waals surface area (Å²) in [7, 11) is 5.81. The molecule has 0 bridgehead atoms. The van der Waals surface area contributed by atoms with Gasteiger partial charge >= 0.3 is 6.18 Å². The minimum absolute atomic E-state index is 0.0530. The minimum atomic E-state index is -4.60. The van der Waals surface area contributed by atoms with Gasteiger partial charge in [-0.25, -0.2) is 4.68 Å². The van der Waals surface area contributed by atoms with E-state index >= 15 is 0 Å². The summed E-state index contributed by atoms with van der Waals surface area (Å²) in [4.78, 5) is 13.2. The Balaban J connectivity index is 1.71. The van der Waals surface area contributed by atoms with Crippen LogP contribution in [-0.2, 0) is 0 Å². The van der Waals surface area contributed by atoms with E-state index in [9.17, 15) is 18.0 Å². The van der Waals surface area contributed by atoms with E-state index in [0.717, 1.165) is 10.9 Å².